The van der Waals surface area contributed by atoms with Gasteiger partial charge < -0.3 is 24.4 Å². The molecule has 3 aromatic rings. The SMILES string of the molecule is CCCc1noc2cccc(OCC(O)CNCCOc3ccccc3)c12. The second-order valence-electron chi connectivity index (χ2n) is 6.34. The standard InChI is InChI=1S/C21H26N2O4/c1-2-7-18-21-19(10-6-11-20(21)27-23-18)26-15-16(24)14-22-12-13-25-17-8-4-3-5-9-17/h3-6,8-11,16,22,24H,2,7,12-15H2,1H3. The van der Waals surface area contributed by atoms with E-state index >= 15 is 0 Å². The van der Waals surface area contributed by atoms with Crippen molar-refractivity contribution in [3.05, 3.63) is 54.2 Å². The first-order chi connectivity index (χ1) is 13.3. The van der Waals surface area contributed by atoms with E-state index < -0.39 is 6.10 Å². The molecule has 0 saturated carbocycles. The lowest BCUT2D eigenvalue weighted by Crippen LogP contribution is -2.33. The Kier molecular flexibility index (Phi) is 7.07. The zero-order chi connectivity index (χ0) is 18.9. The van der Waals surface area contributed by atoms with E-state index in [0.29, 0.717) is 31.0 Å². The predicted molar refractivity (Wildman–Crippen MR) is 104 cm³/mol. The highest BCUT2D eigenvalue weighted by molar-refractivity contribution is 5.86. The second-order valence-corrected chi connectivity index (χ2v) is 6.34. The van der Waals surface area contributed by atoms with E-state index in [-0.39, 0.29) is 6.61 Å². The summed E-state index contributed by atoms with van der Waals surface area (Å²) >= 11 is 0. The molecule has 0 radical (unpaired) electrons. The third-order valence-corrected chi connectivity index (χ3v) is 4.12. The highest BCUT2D eigenvalue weighted by Crippen LogP contribution is 2.29. The van der Waals surface area contributed by atoms with E-state index in [9.17, 15) is 5.11 Å². The first-order valence-corrected chi connectivity index (χ1v) is 9.34. The summed E-state index contributed by atoms with van der Waals surface area (Å²) in [6.07, 6.45) is 1.19. The van der Waals surface area contributed by atoms with Crippen LogP contribution in [0.15, 0.2) is 53.1 Å². The van der Waals surface area contributed by atoms with Gasteiger partial charge >= 0.3 is 0 Å². The molecule has 0 bridgehead atoms. The highest BCUT2D eigenvalue weighted by Gasteiger charge is 2.14. The molecule has 6 nitrogen and oxygen atoms in total. The van der Waals surface area contributed by atoms with Gasteiger partial charge in [0, 0.05) is 13.1 Å². The minimum absolute atomic E-state index is 0.197. The summed E-state index contributed by atoms with van der Waals surface area (Å²) < 4.78 is 16.8. The Balaban J connectivity index is 1.42. The third-order valence-electron chi connectivity index (χ3n) is 4.12. The fourth-order valence-electron chi connectivity index (χ4n) is 2.82. The van der Waals surface area contributed by atoms with Crippen LogP contribution in [-0.4, -0.2) is 42.7 Å². The number of ether oxygens (including phenoxy) is 2. The number of hydrogen-bond acceptors (Lipinski definition) is 6. The minimum Gasteiger partial charge on any atom is -0.492 e. The molecule has 1 unspecified atom stereocenters. The van der Waals surface area contributed by atoms with Crippen molar-refractivity contribution in [3.8, 4) is 11.5 Å². The van der Waals surface area contributed by atoms with Gasteiger partial charge in [-0.05, 0) is 30.7 Å². The lowest BCUT2D eigenvalue weighted by molar-refractivity contribution is 0.106. The number of para-hydroxylation sites is 1. The van der Waals surface area contributed by atoms with Crippen molar-refractivity contribution in [2.45, 2.75) is 25.9 Å². The lowest BCUT2D eigenvalue weighted by atomic mass is 10.1. The van der Waals surface area contributed by atoms with Gasteiger partial charge in [-0.2, -0.15) is 0 Å². The van der Waals surface area contributed by atoms with Gasteiger partial charge in [-0.25, -0.2) is 0 Å². The van der Waals surface area contributed by atoms with Crippen molar-refractivity contribution in [2.75, 3.05) is 26.3 Å². The van der Waals surface area contributed by atoms with Crippen LogP contribution in [0.5, 0.6) is 11.5 Å². The van der Waals surface area contributed by atoms with Crippen LogP contribution in [0.2, 0.25) is 0 Å². The van der Waals surface area contributed by atoms with E-state index in [1.54, 1.807) is 0 Å². The zero-order valence-electron chi connectivity index (χ0n) is 15.6. The molecule has 1 aromatic heterocycles. The fraction of sp³-hybridized carbons (Fsp3) is 0.381. The van der Waals surface area contributed by atoms with Gasteiger partial charge in [-0.3, -0.25) is 0 Å². The van der Waals surface area contributed by atoms with Crippen molar-refractivity contribution in [3.63, 3.8) is 0 Å². The number of nitrogens with zero attached hydrogens (tertiary/aromatic N) is 1. The normalized spacial score (nSPS) is 12.2. The van der Waals surface area contributed by atoms with Gasteiger partial charge in [0.25, 0.3) is 0 Å². The predicted octanol–water partition coefficient (Wildman–Crippen LogP) is 3.19. The van der Waals surface area contributed by atoms with E-state index in [4.69, 9.17) is 14.0 Å². The van der Waals surface area contributed by atoms with Crippen molar-refractivity contribution in [1.29, 1.82) is 0 Å². The van der Waals surface area contributed by atoms with Gasteiger partial charge in [-0.15, -0.1) is 0 Å². The average Bonchev–Trinajstić information content (AvgIpc) is 3.11. The van der Waals surface area contributed by atoms with Crippen LogP contribution in [0.3, 0.4) is 0 Å². The molecule has 3 rings (SSSR count). The molecule has 6 heteroatoms. The summed E-state index contributed by atoms with van der Waals surface area (Å²) in [5.74, 6) is 1.54. The number of aliphatic hydroxyl groups is 1. The maximum atomic E-state index is 10.2. The maximum absolute atomic E-state index is 10.2. The number of benzene rings is 2. The van der Waals surface area contributed by atoms with Gasteiger partial charge in [0.15, 0.2) is 5.58 Å². The minimum atomic E-state index is -0.619. The number of aryl methyl sites for hydroxylation is 1. The molecular weight excluding hydrogens is 344 g/mol. The maximum Gasteiger partial charge on any atom is 0.170 e. The van der Waals surface area contributed by atoms with Crippen LogP contribution >= 0.6 is 0 Å². The monoisotopic (exact) mass is 370 g/mol. The van der Waals surface area contributed by atoms with Crippen molar-refractivity contribution in [1.82, 2.24) is 10.5 Å². The number of aliphatic hydroxyl groups excluding tert-OH is 1. The molecule has 1 atom stereocenters. The van der Waals surface area contributed by atoms with Crippen LogP contribution in [0, 0.1) is 0 Å². The topological polar surface area (TPSA) is 76.8 Å². The largest absolute Gasteiger partial charge is 0.492 e. The molecule has 2 N–H and O–H groups in total. The molecule has 0 saturated heterocycles. The van der Waals surface area contributed by atoms with Gasteiger partial charge in [0.1, 0.15) is 30.8 Å². The molecule has 0 spiro atoms. The molecule has 27 heavy (non-hydrogen) atoms. The van der Waals surface area contributed by atoms with Crippen molar-refractivity contribution >= 4 is 11.0 Å². The molecule has 0 fully saturated rings. The van der Waals surface area contributed by atoms with Crippen molar-refractivity contribution in [2.24, 2.45) is 0 Å². The summed E-state index contributed by atoms with van der Waals surface area (Å²) in [6, 6.07) is 15.3. The fourth-order valence-corrected chi connectivity index (χ4v) is 2.82. The zero-order valence-corrected chi connectivity index (χ0v) is 15.6. The Morgan fingerprint density at radius 1 is 1.11 bits per heavy atom. The van der Waals surface area contributed by atoms with Crippen LogP contribution < -0.4 is 14.8 Å². The highest BCUT2D eigenvalue weighted by atomic mass is 16.5. The van der Waals surface area contributed by atoms with E-state index in [1.165, 1.54) is 0 Å². The Bertz CT molecular complexity index is 819. The first-order valence-electron chi connectivity index (χ1n) is 9.34. The van der Waals surface area contributed by atoms with Crippen LogP contribution in [-0.2, 0) is 6.42 Å². The van der Waals surface area contributed by atoms with Crippen molar-refractivity contribution < 1.29 is 19.1 Å². The molecular formula is C21H26N2O4. The van der Waals surface area contributed by atoms with E-state index in [1.807, 2.05) is 48.5 Å². The Hall–Kier alpha value is -2.57. The van der Waals surface area contributed by atoms with E-state index in [0.717, 1.165) is 29.7 Å². The molecule has 1 heterocycles. The van der Waals surface area contributed by atoms with Gasteiger partial charge in [-0.1, -0.05) is 42.8 Å². The van der Waals surface area contributed by atoms with E-state index in [2.05, 4.69) is 17.4 Å². The third kappa shape index (κ3) is 5.45. The Labute approximate surface area is 159 Å². The summed E-state index contributed by atoms with van der Waals surface area (Å²) in [4.78, 5) is 0. The van der Waals surface area contributed by atoms with Gasteiger partial charge in [0.05, 0.1) is 11.1 Å². The smallest absolute Gasteiger partial charge is 0.170 e. The number of fused-ring (bicyclic) bond motifs is 1. The Morgan fingerprint density at radius 3 is 2.78 bits per heavy atom. The molecule has 144 valence electrons. The van der Waals surface area contributed by atoms with Crippen LogP contribution in [0.4, 0.5) is 0 Å². The first kappa shape index (κ1) is 19.2. The number of rotatable bonds is 11. The Morgan fingerprint density at radius 2 is 1.96 bits per heavy atom. The molecule has 0 aliphatic carbocycles. The summed E-state index contributed by atoms with van der Waals surface area (Å²) in [5, 5.41) is 18.3. The summed E-state index contributed by atoms with van der Waals surface area (Å²) in [6.45, 7) is 3.91. The number of aromatic nitrogens is 1. The quantitative estimate of drug-likeness (QED) is 0.505. The second kappa shape index (κ2) is 9.94. The molecule has 0 amide bonds. The lowest BCUT2D eigenvalue weighted by Gasteiger charge is -2.14. The van der Waals surface area contributed by atoms with Crippen LogP contribution in [0.25, 0.3) is 11.0 Å². The number of hydrogen-bond donors (Lipinski definition) is 2. The molecule has 2 aromatic carbocycles. The molecule has 0 aliphatic heterocycles. The summed E-state index contributed by atoms with van der Waals surface area (Å²) in [5.41, 5.74) is 1.61. The van der Waals surface area contributed by atoms with Gasteiger partial charge in [0.2, 0.25) is 0 Å². The number of nitrogens with one attached hydrogen (secondary N) is 1. The average molecular weight is 370 g/mol. The summed E-state index contributed by atoms with van der Waals surface area (Å²) in [7, 11) is 0. The van der Waals surface area contributed by atoms with Crippen LogP contribution in [0.1, 0.15) is 19.0 Å². The molecule has 0 aliphatic rings.